The van der Waals surface area contributed by atoms with E-state index in [9.17, 15) is 0 Å². The molecule has 2 heteroatoms. The summed E-state index contributed by atoms with van der Waals surface area (Å²) in [5, 5.41) is 2.64. The van der Waals surface area contributed by atoms with Gasteiger partial charge in [0.1, 0.15) is 0 Å². The smallest absolute Gasteiger partial charge is 0.0974 e. The van der Waals surface area contributed by atoms with Crippen LogP contribution in [0.4, 0.5) is 0 Å². The SMILES string of the molecule is [2H]C([2H])([2H])N(C)[C@@H]1CCC2=CC3=CC[C@]4(C)[C@@H](c5ccc6ccccc6c5)CC[C@H]4[C@@]34CC[C@]2(C1)O4. The molecule has 3 aliphatic carbocycles. The molecule has 2 nitrogen and oxygen atoms in total. The minimum atomic E-state index is -2.06. The van der Waals surface area contributed by atoms with Crippen LogP contribution in [0.25, 0.3) is 10.8 Å². The van der Waals surface area contributed by atoms with Gasteiger partial charge in [-0.05, 0) is 110 Å². The molecule has 2 aromatic carbocycles. The Balaban J connectivity index is 1.24. The summed E-state index contributed by atoms with van der Waals surface area (Å²) in [5.41, 5.74) is 4.01. The van der Waals surface area contributed by atoms with E-state index in [4.69, 9.17) is 8.85 Å². The summed E-state index contributed by atoms with van der Waals surface area (Å²) in [5.74, 6) is 1.03. The topological polar surface area (TPSA) is 12.5 Å². The third-order valence-electron chi connectivity index (χ3n) is 10.4. The molecule has 0 radical (unpaired) electrons. The van der Waals surface area contributed by atoms with Gasteiger partial charge in [0.25, 0.3) is 0 Å². The molecule has 2 aliphatic heterocycles. The fourth-order valence-corrected chi connectivity index (χ4v) is 8.69. The Bertz CT molecular complexity index is 1300. The van der Waals surface area contributed by atoms with Crippen LogP contribution >= 0.6 is 0 Å². The highest BCUT2D eigenvalue weighted by atomic mass is 16.5. The van der Waals surface area contributed by atoms with Crippen molar-refractivity contribution in [3.05, 3.63) is 71.3 Å². The lowest BCUT2D eigenvalue weighted by Gasteiger charge is -2.54. The van der Waals surface area contributed by atoms with Gasteiger partial charge in [0, 0.05) is 10.2 Å². The maximum atomic E-state index is 7.95. The number of allylic oxidation sites excluding steroid dienone is 1. The Hall–Kier alpha value is -1.90. The van der Waals surface area contributed by atoms with E-state index in [-0.39, 0.29) is 22.7 Å². The molecule has 172 valence electrons. The summed E-state index contributed by atoms with van der Waals surface area (Å²) in [6, 6.07) is 15.8. The van der Waals surface area contributed by atoms with Gasteiger partial charge in [0.2, 0.25) is 0 Å². The van der Waals surface area contributed by atoms with Crippen molar-refractivity contribution in [2.45, 2.75) is 81.5 Å². The Morgan fingerprint density at radius 1 is 1.06 bits per heavy atom. The fourth-order valence-electron chi connectivity index (χ4n) is 8.69. The largest absolute Gasteiger partial charge is 0.359 e. The Morgan fingerprint density at radius 3 is 2.82 bits per heavy atom. The number of rotatable bonds is 2. The lowest BCUT2D eigenvalue weighted by Crippen LogP contribution is -2.55. The first-order valence-electron chi connectivity index (χ1n) is 14.5. The zero-order valence-electron chi connectivity index (χ0n) is 22.9. The predicted octanol–water partition coefficient (Wildman–Crippen LogP) is 7.01. The zero-order valence-corrected chi connectivity index (χ0v) is 19.9. The van der Waals surface area contributed by atoms with Crippen molar-refractivity contribution in [3.8, 4) is 0 Å². The molecular formula is C31H37NO. The maximum Gasteiger partial charge on any atom is 0.0974 e. The molecule has 2 spiro atoms. The van der Waals surface area contributed by atoms with E-state index in [1.54, 1.807) is 11.9 Å². The van der Waals surface area contributed by atoms with Gasteiger partial charge in [-0.25, -0.2) is 0 Å². The molecule has 1 saturated heterocycles. The van der Waals surface area contributed by atoms with E-state index in [0.29, 0.717) is 11.8 Å². The molecule has 0 aromatic heterocycles. The molecule has 2 bridgehead atoms. The van der Waals surface area contributed by atoms with Crippen LogP contribution in [-0.2, 0) is 4.74 Å². The van der Waals surface area contributed by atoms with E-state index in [2.05, 4.69) is 61.5 Å². The van der Waals surface area contributed by atoms with Gasteiger partial charge in [-0.15, -0.1) is 0 Å². The van der Waals surface area contributed by atoms with E-state index in [1.165, 1.54) is 40.3 Å². The van der Waals surface area contributed by atoms with Crippen LogP contribution in [0.1, 0.15) is 73.9 Å². The predicted molar refractivity (Wildman–Crippen MR) is 135 cm³/mol. The van der Waals surface area contributed by atoms with Crippen molar-refractivity contribution >= 4 is 10.8 Å². The number of hydrogen-bond donors (Lipinski definition) is 0. The summed E-state index contributed by atoms with van der Waals surface area (Å²) in [6.45, 7) is 0.465. The molecule has 0 amide bonds. The lowest BCUT2D eigenvalue weighted by molar-refractivity contribution is -0.139. The quantitative estimate of drug-likeness (QED) is 0.496. The second kappa shape index (κ2) is 6.83. The monoisotopic (exact) mass is 442 g/mol. The number of benzene rings is 2. The summed E-state index contributed by atoms with van der Waals surface area (Å²) in [6.07, 6.45) is 13.3. The standard InChI is InChI=1S/C31H37NO/c1-29-15-14-25-19-24-10-11-26(32(2)3)20-30(24)16-17-31(25,33-30)28(29)13-12-27(29)23-9-8-21-6-4-5-7-22(21)18-23/h4-9,14,18-19,26-28H,10-13,15-17,20H2,1-3H3/t26-,27-,28-,29-,30-,31-/m1/s1/i2D3. The van der Waals surface area contributed by atoms with Crippen LogP contribution in [0.2, 0.25) is 0 Å². The Morgan fingerprint density at radius 2 is 1.94 bits per heavy atom. The number of hydrogen-bond acceptors (Lipinski definition) is 2. The first kappa shape index (κ1) is 17.5. The number of nitrogens with zero attached hydrogens (tertiary/aromatic N) is 1. The summed E-state index contributed by atoms with van der Waals surface area (Å²) < 4.78 is 31.2. The van der Waals surface area contributed by atoms with Gasteiger partial charge in [-0.3, -0.25) is 0 Å². The molecule has 2 aromatic rings. The molecule has 0 N–H and O–H groups in total. The molecule has 7 rings (SSSR count). The highest BCUT2D eigenvalue weighted by Crippen LogP contribution is 2.69. The van der Waals surface area contributed by atoms with Crippen LogP contribution in [0.5, 0.6) is 0 Å². The third kappa shape index (κ3) is 2.68. The van der Waals surface area contributed by atoms with E-state index < -0.39 is 6.98 Å². The van der Waals surface area contributed by atoms with Crippen molar-refractivity contribution in [3.63, 3.8) is 0 Å². The normalized spacial score (nSPS) is 43.1. The molecule has 33 heavy (non-hydrogen) atoms. The first-order valence-corrected chi connectivity index (χ1v) is 13.0. The zero-order chi connectivity index (χ0) is 24.9. The van der Waals surface area contributed by atoms with E-state index in [0.717, 1.165) is 38.5 Å². The van der Waals surface area contributed by atoms with Crippen molar-refractivity contribution in [2.24, 2.45) is 11.3 Å². The summed E-state index contributed by atoms with van der Waals surface area (Å²) in [7, 11) is 1.77. The average Bonchev–Trinajstić information content (AvgIpc) is 3.37. The average molecular weight is 443 g/mol. The molecular weight excluding hydrogens is 402 g/mol. The summed E-state index contributed by atoms with van der Waals surface area (Å²) in [4.78, 5) is 1.62. The minimum absolute atomic E-state index is 0.0410. The van der Waals surface area contributed by atoms with E-state index >= 15 is 0 Å². The molecule has 0 unspecified atom stereocenters. The van der Waals surface area contributed by atoms with E-state index in [1.807, 2.05) is 0 Å². The second-order valence-electron chi connectivity index (χ2n) is 11.8. The number of fused-ring (bicyclic) bond motifs is 2. The molecule has 6 atom stereocenters. The van der Waals surface area contributed by atoms with Crippen LogP contribution in [0.15, 0.2) is 65.8 Å². The van der Waals surface area contributed by atoms with Gasteiger partial charge in [-0.1, -0.05) is 61.5 Å². The molecule has 2 heterocycles. The minimum Gasteiger partial charge on any atom is -0.359 e. The molecule has 2 saturated carbocycles. The van der Waals surface area contributed by atoms with Gasteiger partial charge in [0.05, 0.1) is 11.2 Å². The molecule has 3 fully saturated rings. The summed E-state index contributed by atoms with van der Waals surface area (Å²) >= 11 is 0. The first-order chi connectivity index (χ1) is 17.1. The van der Waals surface area contributed by atoms with Gasteiger partial charge in [0.15, 0.2) is 0 Å². The maximum absolute atomic E-state index is 7.95. The van der Waals surface area contributed by atoms with Crippen molar-refractivity contribution in [2.75, 3.05) is 14.0 Å². The Kier molecular flexibility index (Phi) is 3.63. The second-order valence-corrected chi connectivity index (χ2v) is 11.8. The van der Waals surface area contributed by atoms with Gasteiger partial charge < -0.3 is 9.64 Å². The van der Waals surface area contributed by atoms with Crippen molar-refractivity contribution in [1.29, 1.82) is 0 Å². The third-order valence-corrected chi connectivity index (χ3v) is 10.4. The van der Waals surface area contributed by atoms with Crippen molar-refractivity contribution < 1.29 is 8.85 Å². The van der Waals surface area contributed by atoms with Crippen LogP contribution in [-0.4, -0.2) is 36.2 Å². The van der Waals surface area contributed by atoms with Crippen LogP contribution in [0.3, 0.4) is 0 Å². The Labute approximate surface area is 202 Å². The van der Waals surface area contributed by atoms with Crippen LogP contribution < -0.4 is 0 Å². The van der Waals surface area contributed by atoms with Crippen molar-refractivity contribution in [1.82, 2.24) is 4.90 Å². The highest BCUT2D eigenvalue weighted by molar-refractivity contribution is 5.83. The van der Waals surface area contributed by atoms with Gasteiger partial charge in [-0.2, -0.15) is 0 Å². The highest BCUT2D eigenvalue weighted by Gasteiger charge is 2.66. The molecule has 5 aliphatic rings. The van der Waals surface area contributed by atoms with Gasteiger partial charge >= 0.3 is 0 Å². The lowest BCUT2D eigenvalue weighted by atomic mass is 9.58. The van der Waals surface area contributed by atoms with Crippen LogP contribution in [0, 0.1) is 11.3 Å². The number of ether oxygens (including phenoxy) is 1. The fraction of sp³-hybridized carbons (Fsp3) is 0.548.